The Hall–Kier alpha value is -2.06. The van der Waals surface area contributed by atoms with Crippen LogP contribution < -0.4 is 4.74 Å². The minimum atomic E-state index is 0.618. The van der Waals surface area contributed by atoms with E-state index < -0.39 is 0 Å². The van der Waals surface area contributed by atoms with Crippen molar-refractivity contribution in [2.45, 2.75) is 18.9 Å². The second-order valence-electron chi connectivity index (χ2n) is 6.92. The van der Waals surface area contributed by atoms with Crippen molar-refractivity contribution in [2.75, 3.05) is 27.2 Å². The lowest BCUT2D eigenvalue weighted by atomic mass is 10.1. The summed E-state index contributed by atoms with van der Waals surface area (Å²) in [6, 6.07) is 19.3. The first-order valence-electron chi connectivity index (χ1n) is 8.42. The number of ether oxygens (including phenoxy) is 1. The molecule has 2 heteroatoms. The van der Waals surface area contributed by atoms with Gasteiger partial charge >= 0.3 is 0 Å². The second kappa shape index (κ2) is 7.01. The van der Waals surface area contributed by atoms with Crippen molar-refractivity contribution in [3.05, 3.63) is 65.7 Å². The minimum Gasteiger partial charge on any atom is -0.487 e. The molecule has 1 aliphatic rings. The molecule has 0 spiro atoms. The Morgan fingerprint density at radius 2 is 1.61 bits per heavy atom. The summed E-state index contributed by atoms with van der Waals surface area (Å²) in [5, 5.41) is 0. The van der Waals surface area contributed by atoms with E-state index in [0.717, 1.165) is 16.8 Å². The molecule has 0 unspecified atom stereocenters. The molecule has 120 valence electrons. The van der Waals surface area contributed by atoms with E-state index >= 15 is 0 Å². The van der Waals surface area contributed by atoms with Crippen LogP contribution in [0.2, 0.25) is 0 Å². The summed E-state index contributed by atoms with van der Waals surface area (Å²) in [5.41, 5.74) is 2.41. The Kier molecular flexibility index (Phi) is 4.82. The summed E-state index contributed by atoms with van der Waals surface area (Å²) >= 11 is 0. The normalized spacial score (nSPS) is 20.0. The lowest BCUT2D eigenvalue weighted by Gasteiger charge is -2.31. The highest BCUT2D eigenvalue weighted by atomic mass is 16.5. The average Bonchev–Trinajstić information content (AvgIpc) is 2.91. The van der Waals surface area contributed by atoms with E-state index in [1.807, 2.05) is 6.07 Å². The van der Waals surface area contributed by atoms with E-state index in [-0.39, 0.29) is 0 Å². The molecule has 0 aliphatic carbocycles. The van der Waals surface area contributed by atoms with Gasteiger partial charge in [-0.05, 0) is 23.3 Å². The average molecular weight is 308 g/mol. The summed E-state index contributed by atoms with van der Waals surface area (Å²) in [7, 11) is 4.61. The Morgan fingerprint density at radius 1 is 0.957 bits per heavy atom. The van der Waals surface area contributed by atoms with E-state index in [2.05, 4.69) is 74.8 Å². The van der Waals surface area contributed by atoms with Crippen molar-refractivity contribution in [3.8, 4) is 5.75 Å². The quantitative estimate of drug-likeness (QED) is 0.585. The molecule has 1 aliphatic heterocycles. The maximum Gasteiger partial charge on any atom is 0.140 e. The summed E-state index contributed by atoms with van der Waals surface area (Å²) in [6.07, 6.45) is 6.85. The van der Waals surface area contributed by atoms with E-state index in [4.69, 9.17) is 4.74 Å². The van der Waals surface area contributed by atoms with Crippen molar-refractivity contribution >= 4 is 12.2 Å². The maximum absolute atomic E-state index is 6.00. The van der Waals surface area contributed by atoms with Gasteiger partial charge in [-0.1, -0.05) is 54.6 Å². The third-order valence-electron chi connectivity index (χ3n) is 4.85. The molecule has 1 atom stereocenters. The molecule has 0 N–H and O–H groups in total. The maximum atomic E-state index is 6.00. The SMILES string of the molecule is C[N+]1(C)CCC[C@@H]1COc1ccc(C=Cc2ccccc2)cc1. The molecule has 2 aromatic rings. The first-order valence-corrected chi connectivity index (χ1v) is 8.42. The highest BCUT2D eigenvalue weighted by Crippen LogP contribution is 2.23. The zero-order chi connectivity index (χ0) is 16.1. The molecule has 0 radical (unpaired) electrons. The molecule has 0 saturated carbocycles. The van der Waals surface area contributed by atoms with Crippen LogP contribution >= 0.6 is 0 Å². The fraction of sp³-hybridized carbons (Fsp3) is 0.333. The zero-order valence-corrected chi connectivity index (χ0v) is 14.1. The van der Waals surface area contributed by atoms with Gasteiger partial charge in [-0.25, -0.2) is 0 Å². The van der Waals surface area contributed by atoms with Crippen LogP contribution in [0.4, 0.5) is 0 Å². The highest BCUT2D eigenvalue weighted by molar-refractivity contribution is 5.69. The Labute approximate surface area is 139 Å². The Bertz CT molecular complexity index is 643. The smallest absolute Gasteiger partial charge is 0.140 e. The van der Waals surface area contributed by atoms with Crippen LogP contribution in [0.25, 0.3) is 12.2 Å². The van der Waals surface area contributed by atoms with Gasteiger partial charge in [-0.3, -0.25) is 0 Å². The van der Waals surface area contributed by atoms with Gasteiger partial charge in [-0.2, -0.15) is 0 Å². The van der Waals surface area contributed by atoms with Crippen molar-refractivity contribution in [1.82, 2.24) is 0 Å². The monoisotopic (exact) mass is 308 g/mol. The molecule has 0 aromatic heterocycles. The number of benzene rings is 2. The van der Waals surface area contributed by atoms with Crippen LogP contribution in [0.5, 0.6) is 5.75 Å². The van der Waals surface area contributed by atoms with Crippen molar-refractivity contribution in [3.63, 3.8) is 0 Å². The molecule has 2 aromatic carbocycles. The topological polar surface area (TPSA) is 9.23 Å². The number of likely N-dealkylation sites (tertiary alicyclic amines) is 1. The molecule has 3 rings (SSSR count). The molecule has 1 heterocycles. The van der Waals surface area contributed by atoms with Crippen LogP contribution in [0.1, 0.15) is 24.0 Å². The summed E-state index contributed by atoms with van der Waals surface area (Å²) in [6.45, 7) is 2.07. The van der Waals surface area contributed by atoms with E-state index in [9.17, 15) is 0 Å². The standard InChI is InChI=1S/C21H26NO/c1-22(2)16-6-9-20(22)17-23-21-14-12-19(13-15-21)11-10-18-7-4-3-5-8-18/h3-5,7-8,10-15,20H,6,9,16-17H2,1-2H3/q+1/t20-/m1/s1. The lowest BCUT2D eigenvalue weighted by Crippen LogP contribution is -2.46. The summed E-state index contributed by atoms with van der Waals surface area (Å²) in [4.78, 5) is 0. The molecule has 23 heavy (non-hydrogen) atoms. The van der Waals surface area contributed by atoms with Crippen LogP contribution in [0.3, 0.4) is 0 Å². The van der Waals surface area contributed by atoms with Crippen molar-refractivity contribution in [1.29, 1.82) is 0 Å². The number of rotatable bonds is 5. The fourth-order valence-corrected chi connectivity index (χ4v) is 3.18. The zero-order valence-electron chi connectivity index (χ0n) is 14.1. The van der Waals surface area contributed by atoms with Crippen LogP contribution in [0, 0.1) is 0 Å². The third-order valence-corrected chi connectivity index (χ3v) is 4.85. The van der Waals surface area contributed by atoms with Gasteiger partial charge in [0, 0.05) is 12.8 Å². The van der Waals surface area contributed by atoms with Gasteiger partial charge in [0.05, 0.1) is 20.6 Å². The largest absolute Gasteiger partial charge is 0.487 e. The van der Waals surface area contributed by atoms with Gasteiger partial charge < -0.3 is 9.22 Å². The predicted octanol–water partition coefficient (Wildman–Crippen LogP) is 4.47. The number of quaternary nitrogens is 1. The van der Waals surface area contributed by atoms with Gasteiger partial charge in [0.2, 0.25) is 0 Å². The van der Waals surface area contributed by atoms with Crippen LogP contribution in [0.15, 0.2) is 54.6 Å². The minimum absolute atomic E-state index is 0.618. The number of hydrogen-bond acceptors (Lipinski definition) is 1. The molecule has 1 saturated heterocycles. The van der Waals surface area contributed by atoms with Crippen LogP contribution in [-0.4, -0.2) is 37.8 Å². The van der Waals surface area contributed by atoms with Gasteiger partial charge in [0.1, 0.15) is 18.4 Å². The van der Waals surface area contributed by atoms with Gasteiger partial charge in [0.25, 0.3) is 0 Å². The van der Waals surface area contributed by atoms with E-state index in [1.165, 1.54) is 30.5 Å². The molecule has 1 fully saturated rings. The highest BCUT2D eigenvalue weighted by Gasteiger charge is 2.34. The first kappa shape index (κ1) is 15.8. The fourth-order valence-electron chi connectivity index (χ4n) is 3.18. The van der Waals surface area contributed by atoms with Crippen molar-refractivity contribution in [2.24, 2.45) is 0 Å². The Morgan fingerprint density at radius 3 is 2.22 bits per heavy atom. The van der Waals surface area contributed by atoms with E-state index in [1.54, 1.807) is 0 Å². The summed E-state index contributed by atoms with van der Waals surface area (Å²) in [5.74, 6) is 0.966. The molecular formula is C21H26NO+. The second-order valence-corrected chi connectivity index (χ2v) is 6.92. The lowest BCUT2D eigenvalue weighted by molar-refractivity contribution is -0.902. The van der Waals surface area contributed by atoms with Gasteiger partial charge in [-0.15, -0.1) is 0 Å². The first-order chi connectivity index (χ1) is 11.1. The van der Waals surface area contributed by atoms with Crippen LogP contribution in [-0.2, 0) is 0 Å². The van der Waals surface area contributed by atoms with Gasteiger partial charge in [0.15, 0.2) is 0 Å². The third kappa shape index (κ3) is 4.23. The Balaban J connectivity index is 1.56. The number of nitrogens with zero attached hydrogens (tertiary/aromatic N) is 1. The molecule has 2 nitrogen and oxygen atoms in total. The molecule has 0 bridgehead atoms. The summed E-state index contributed by atoms with van der Waals surface area (Å²) < 4.78 is 7.08. The molecule has 0 amide bonds. The number of hydrogen-bond donors (Lipinski definition) is 0. The van der Waals surface area contributed by atoms with Crippen molar-refractivity contribution < 1.29 is 9.22 Å². The molecular weight excluding hydrogens is 282 g/mol. The predicted molar refractivity (Wildman–Crippen MR) is 97.3 cm³/mol. The number of likely N-dealkylation sites (N-methyl/N-ethyl adjacent to an activating group) is 1. The van der Waals surface area contributed by atoms with E-state index in [0.29, 0.717) is 6.04 Å².